The fourth-order valence-corrected chi connectivity index (χ4v) is 5.34. The number of aliphatic imine (C=N–C) groups is 1. The summed E-state index contributed by atoms with van der Waals surface area (Å²) in [5.41, 5.74) is 24.5. The van der Waals surface area contributed by atoms with Gasteiger partial charge in [0.2, 0.25) is 29.5 Å². The SMILES string of the molecule is NC(=O)[C@H](Cc1c[nH]c2ncccc12)NC(=O)CNC(=O)[C@H](CCCN=C(N)N)NC(=O)[C@@H]1C=CCN1C(=O)[C@@H](N)Cc1ccc(F)cc1. The van der Waals surface area contributed by atoms with Crippen LogP contribution in [0.4, 0.5) is 4.39 Å². The van der Waals surface area contributed by atoms with Gasteiger partial charge in [0.05, 0.1) is 12.6 Å². The zero-order valence-corrected chi connectivity index (χ0v) is 26.6. The summed E-state index contributed by atoms with van der Waals surface area (Å²) >= 11 is 0. The summed E-state index contributed by atoms with van der Waals surface area (Å²) in [6.07, 6.45) is 7.02. The van der Waals surface area contributed by atoms with Crippen LogP contribution in [0.25, 0.3) is 11.0 Å². The van der Waals surface area contributed by atoms with Gasteiger partial charge in [-0.2, -0.15) is 0 Å². The van der Waals surface area contributed by atoms with Crippen LogP contribution in [0.2, 0.25) is 0 Å². The van der Waals surface area contributed by atoms with Crippen molar-refractivity contribution in [3.05, 3.63) is 77.9 Å². The minimum Gasteiger partial charge on any atom is -0.370 e. The molecule has 0 radical (unpaired) electrons. The van der Waals surface area contributed by atoms with Crippen molar-refractivity contribution in [2.45, 2.75) is 49.9 Å². The molecule has 0 saturated heterocycles. The van der Waals surface area contributed by atoms with Gasteiger partial charge in [0.1, 0.15) is 29.6 Å². The maximum absolute atomic E-state index is 13.4. The first-order valence-corrected chi connectivity index (χ1v) is 15.5. The molecule has 5 amide bonds. The molecule has 1 aliphatic rings. The smallest absolute Gasteiger partial charge is 0.247 e. The fourth-order valence-electron chi connectivity index (χ4n) is 5.34. The zero-order chi connectivity index (χ0) is 35.5. The molecule has 3 aromatic rings. The number of rotatable bonds is 16. The summed E-state index contributed by atoms with van der Waals surface area (Å²) in [5, 5.41) is 8.43. The molecule has 16 nitrogen and oxygen atoms in total. The maximum Gasteiger partial charge on any atom is 0.247 e. The van der Waals surface area contributed by atoms with Gasteiger partial charge >= 0.3 is 0 Å². The molecular formula is C32H40FN11O5. The van der Waals surface area contributed by atoms with Crippen LogP contribution in [0.3, 0.4) is 0 Å². The molecule has 2 aromatic heterocycles. The van der Waals surface area contributed by atoms with Gasteiger partial charge in [-0.15, -0.1) is 0 Å². The van der Waals surface area contributed by atoms with E-state index in [2.05, 4.69) is 30.9 Å². The minimum absolute atomic E-state index is 0.0852. The van der Waals surface area contributed by atoms with E-state index in [1.54, 1.807) is 24.5 Å². The van der Waals surface area contributed by atoms with Gasteiger partial charge in [-0.1, -0.05) is 24.3 Å². The highest BCUT2D eigenvalue weighted by Gasteiger charge is 2.35. The van der Waals surface area contributed by atoms with E-state index >= 15 is 0 Å². The van der Waals surface area contributed by atoms with Crippen molar-refractivity contribution < 1.29 is 28.4 Å². The number of carbonyl (C=O) groups excluding carboxylic acids is 5. The third kappa shape index (κ3) is 10.1. The molecule has 12 N–H and O–H groups in total. The molecule has 0 saturated carbocycles. The topological polar surface area (TPSA) is 270 Å². The van der Waals surface area contributed by atoms with Crippen molar-refractivity contribution in [1.82, 2.24) is 30.8 Å². The lowest BCUT2D eigenvalue weighted by Crippen LogP contribution is -2.56. The average molecular weight is 678 g/mol. The van der Waals surface area contributed by atoms with Gasteiger partial charge in [-0.25, -0.2) is 9.37 Å². The van der Waals surface area contributed by atoms with E-state index in [1.165, 1.54) is 35.2 Å². The Morgan fingerprint density at radius 2 is 1.80 bits per heavy atom. The van der Waals surface area contributed by atoms with Crippen LogP contribution in [0, 0.1) is 5.82 Å². The molecule has 3 heterocycles. The van der Waals surface area contributed by atoms with E-state index in [9.17, 15) is 28.4 Å². The molecule has 0 spiro atoms. The van der Waals surface area contributed by atoms with Crippen LogP contribution in [-0.4, -0.2) is 94.2 Å². The molecule has 0 fully saturated rings. The first kappa shape index (κ1) is 36.0. The second kappa shape index (κ2) is 16.8. The Kier molecular flexibility index (Phi) is 12.4. The number of aromatic nitrogens is 2. The van der Waals surface area contributed by atoms with E-state index in [-0.39, 0.29) is 44.7 Å². The number of hydrogen-bond acceptors (Lipinski definition) is 8. The normalized spacial score (nSPS) is 15.6. The Bertz CT molecular complexity index is 1720. The van der Waals surface area contributed by atoms with Crippen LogP contribution in [0.1, 0.15) is 24.0 Å². The Balaban J connectivity index is 1.36. The van der Waals surface area contributed by atoms with Gasteiger partial charge < -0.3 is 48.8 Å². The average Bonchev–Trinajstić information content (AvgIpc) is 3.73. The van der Waals surface area contributed by atoms with E-state index in [0.717, 1.165) is 5.39 Å². The summed E-state index contributed by atoms with van der Waals surface area (Å²) in [5.74, 6) is -3.88. The number of carbonyl (C=O) groups is 5. The number of fused-ring (bicyclic) bond motifs is 1. The van der Waals surface area contributed by atoms with Gasteiger partial charge in [0.25, 0.3) is 0 Å². The molecule has 4 rings (SSSR count). The predicted molar refractivity (Wildman–Crippen MR) is 178 cm³/mol. The van der Waals surface area contributed by atoms with Crippen molar-refractivity contribution in [3.63, 3.8) is 0 Å². The number of primary amides is 1. The minimum atomic E-state index is -1.14. The Labute approximate surface area is 280 Å². The molecule has 1 aliphatic heterocycles. The van der Waals surface area contributed by atoms with Gasteiger partial charge in [0.15, 0.2) is 5.96 Å². The van der Waals surface area contributed by atoms with E-state index in [1.807, 2.05) is 6.07 Å². The van der Waals surface area contributed by atoms with Crippen molar-refractivity contribution in [3.8, 4) is 0 Å². The first-order valence-electron chi connectivity index (χ1n) is 15.5. The highest BCUT2D eigenvalue weighted by Crippen LogP contribution is 2.18. The number of halogens is 1. The lowest BCUT2D eigenvalue weighted by molar-refractivity contribution is -0.139. The molecular weight excluding hydrogens is 637 g/mol. The number of nitrogens with two attached hydrogens (primary N) is 4. The van der Waals surface area contributed by atoms with Gasteiger partial charge in [-0.05, 0) is 54.7 Å². The van der Waals surface area contributed by atoms with Crippen molar-refractivity contribution >= 4 is 46.5 Å². The largest absolute Gasteiger partial charge is 0.370 e. The molecule has 260 valence electrons. The summed E-state index contributed by atoms with van der Waals surface area (Å²) < 4.78 is 13.3. The summed E-state index contributed by atoms with van der Waals surface area (Å²) in [7, 11) is 0. The number of hydrogen-bond donors (Lipinski definition) is 8. The fraction of sp³-hybridized carbons (Fsp3) is 0.344. The monoisotopic (exact) mass is 677 g/mol. The third-order valence-electron chi connectivity index (χ3n) is 7.83. The number of nitrogens with one attached hydrogen (secondary N) is 4. The van der Waals surface area contributed by atoms with Gasteiger partial charge in [0, 0.05) is 37.3 Å². The Morgan fingerprint density at radius 3 is 2.51 bits per heavy atom. The summed E-state index contributed by atoms with van der Waals surface area (Å²) in [6, 6.07) is 4.85. The standard InChI is InChI=1S/C32H40FN11O5/c33-20-9-7-18(8-10-20)14-22(34)31(49)44-13-3-6-25(44)30(48)43-23(5-2-12-39-32(36)37)29(47)41-17-26(45)42-24(27(35)46)15-19-16-40-28-21(19)4-1-11-38-28/h1,3-4,6-11,16,22-25H,2,5,12-15,17,34H2,(H2,35,46)(H,38,40)(H,41,47)(H,42,45)(H,43,48)(H4,36,37,39)/t22-,23-,24-,25-/m0/s1. The molecule has 49 heavy (non-hydrogen) atoms. The van der Waals surface area contributed by atoms with Crippen molar-refractivity contribution in [2.24, 2.45) is 27.9 Å². The molecule has 1 aromatic carbocycles. The van der Waals surface area contributed by atoms with Crippen LogP contribution >= 0.6 is 0 Å². The van der Waals surface area contributed by atoms with E-state index in [0.29, 0.717) is 16.8 Å². The number of guanidine groups is 1. The lowest BCUT2D eigenvalue weighted by Gasteiger charge is -2.28. The first-order chi connectivity index (χ1) is 23.4. The Morgan fingerprint density at radius 1 is 1.04 bits per heavy atom. The lowest BCUT2D eigenvalue weighted by atomic mass is 10.0. The van der Waals surface area contributed by atoms with Gasteiger partial charge in [-0.3, -0.25) is 29.0 Å². The maximum atomic E-state index is 13.4. The number of aromatic amines is 1. The molecule has 17 heteroatoms. The van der Waals surface area contributed by atoms with Crippen LogP contribution in [0.5, 0.6) is 0 Å². The quantitative estimate of drug-likeness (QED) is 0.0367. The second-order valence-corrected chi connectivity index (χ2v) is 11.5. The highest BCUT2D eigenvalue weighted by atomic mass is 19.1. The Hall–Kier alpha value is -5.84. The van der Waals surface area contributed by atoms with Crippen molar-refractivity contribution in [2.75, 3.05) is 19.6 Å². The van der Waals surface area contributed by atoms with Crippen LogP contribution in [-0.2, 0) is 36.8 Å². The predicted octanol–water partition coefficient (Wildman–Crippen LogP) is -1.79. The number of amides is 5. The van der Waals surface area contributed by atoms with E-state index in [4.69, 9.17) is 22.9 Å². The third-order valence-corrected chi connectivity index (χ3v) is 7.83. The van der Waals surface area contributed by atoms with Crippen LogP contribution in [0.15, 0.2) is 65.9 Å². The molecule has 0 aliphatic carbocycles. The number of benzene rings is 1. The van der Waals surface area contributed by atoms with Crippen molar-refractivity contribution in [1.29, 1.82) is 0 Å². The molecule has 0 bridgehead atoms. The highest BCUT2D eigenvalue weighted by molar-refractivity contribution is 5.96. The summed E-state index contributed by atoms with van der Waals surface area (Å²) in [6.45, 7) is -0.242. The number of H-pyrrole nitrogens is 1. The van der Waals surface area contributed by atoms with Crippen LogP contribution < -0.4 is 38.9 Å². The molecule has 0 unspecified atom stereocenters. The molecule has 4 atom stereocenters. The van der Waals surface area contributed by atoms with E-state index < -0.39 is 66.1 Å². The second-order valence-electron chi connectivity index (χ2n) is 11.5. The zero-order valence-electron chi connectivity index (χ0n) is 26.6. The number of nitrogens with zero attached hydrogens (tertiary/aromatic N) is 3. The summed E-state index contributed by atoms with van der Waals surface area (Å²) in [4.78, 5) is 77.2. The number of pyridine rings is 1.